The van der Waals surface area contributed by atoms with Crippen LogP contribution in [0.1, 0.15) is 45.1 Å². The third-order valence-electron chi connectivity index (χ3n) is 6.55. The zero-order valence-electron chi connectivity index (χ0n) is 17.7. The summed E-state index contributed by atoms with van der Waals surface area (Å²) in [7, 11) is 0. The largest absolute Gasteiger partial charge is 0.455 e. The minimum absolute atomic E-state index is 0.00616. The summed E-state index contributed by atoms with van der Waals surface area (Å²) in [5, 5.41) is 2.68. The zero-order chi connectivity index (χ0) is 21.7. The molecular weight excluding hydrogens is 387 g/mol. The number of rotatable bonds is 7. The van der Waals surface area contributed by atoms with Crippen LogP contribution >= 0.6 is 0 Å². The number of halogens is 1. The van der Waals surface area contributed by atoms with Crippen molar-refractivity contribution in [1.82, 2.24) is 10.2 Å². The second kappa shape index (κ2) is 10.0. The summed E-state index contributed by atoms with van der Waals surface area (Å²) in [6, 6.07) is 6.27. The molecule has 1 saturated heterocycles. The summed E-state index contributed by atoms with van der Waals surface area (Å²) < 4.78 is 18.0. The van der Waals surface area contributed by atoms with Crippen LogP contribution in [0.25, 0.3) is 0 Å². The lowest BCUT2D eigenvalue weighted by Crippen LogP contribution is -2.45. The van der Waals surface area contributed by atoms with Crippen LogP contribution in [0.5, 0.6) is 0 Å². The predicted molar refractivity (Wildman–Crippen MR) is 110 cm³/mol. The third kappa shape index (κ3) is 5.58. The second-order valence-electron chi connectivity index (χ2n) is 8.62. The van der Waals surface area contributed by atoms with E-state index in [1.807, 2.05) is 4.90 Å². The molecule has 0 bridgehead atoms. The number of carbonyl (C=O) groups is 3. The van der Waals surface area contributed by atoms with Crippen molar-refractivity contribution < 1.29 is 23.5 Å². The molecule has 2 aliphatic rings. The molecule has 0 aromatic heterocycles. The van der Waals surface area contributed by atoms with E-state index >= 15 is 0 Å². The van der Waals surface area contributed by atoms with Gasteiger partial charge in [-0.15, -0.1) is 0 Å². The first-order chi connectivity index (χ1) is 14.3. The monoisotopic (exact) mass is 418 g/mol. The molecule has 1 aromatic rings. The van der Waals surface area contributed by atoms with Crippen LogP contribution in [0.2, 0.25) is 0 Å². The Morgan fingerprint density at radius 1 is 1.20 bits per heavy atom. The van der Waals surface area contributed by atoms with Gasteiger partial charge in [-0.1, -0.05) is 38.8 Å². The van der Waals surface area contributed by atoms with Crippen molar-refractivity contribution in [3.8, 4) is 0 Å². The average Bonchev–Trinajstić information content (AvgIpc) is 3.11. The van der Waals surface area contributed by atoms with Crippen LogP contribution < -0.4 is 5.32 Å². The summed E-state index contributed by atoms with van der Waals surface area (Å²) in [6.07, 6.45) is 3.98. The van der Waals surface area contributed by atoms with Crippen molar-refractivity contribution in [2.24, 2.45) is 17.8 Å². The van der Waals surface area contributed by atoms with E-state index in [0.717, 1.165) is 18.4 Å². The summed E-state index contributed by atoms with van der Waals surface area (Å²) in [4.78, 5) is 38.7. The van der Waals surface area contributed by atoms with Gasteiger partial charge in [0.2, 0.25) is 5.91 Å². The Morgan fingerprint density at radius 2 is 1.93 bits per heavy atom. The van der Waals surface area contributed by atoms with Gasteiger partial charge in [-0.3, -0.25) is 14.4 Å². The van der Waals surface area contributed by atoms with Crippen LogP contribution in [-0.4, -0.2) is 48.4 Å². The number of ether oxygens (including phenoxy) is 1. The van der Waals surface area contributed by atoms with Gasteiger partial charge in [0.1, 0.15) is 5.82 Å². The number of benzene rings is 1. The lowest BCUT2D eigenvalue weighted by atomic mass is 9.77. The molecular formula is C23H31FN2O4. The maximum atomic E-state index is 12.9. The molecule has 1 aliphatic heterocycles. The van der Waals surface area contributed by atoms with E-state index in [-0.39, 0.29) is 36.7 Å². The molecule has 164 valence electrons. The number of hydrogen-bond donors (Lipinski definition) is 1. The third-order valence-corrected chi connectivity index (χ3v) is 6.55. The molecule has 0 unspecified atom stereocenters. The molecule has 30 heavy (non-hydrogen) atoms. The minimum atomic E-state index is -0.506. The molecule has 0 radical (unpaired) electrons. The highest BCUT2D eigenvalue weighted by molar-refractivity contribution is 5.88. The first-order valence-corrected chi connectivity index (χ1v) is 10.8. The van der Waals surface area contributed by atoms with Gasteiger partial charge < -0.3 is 15.0 Å². The fourth-order valence-electron chi connectivity index (χ4n) is 4.51. The maximum absolute atomic E-state index is 12.9. The summed E-state index contributed by atoms with van der Waals surface area (Å²) in [5.41, 5.74) is 0.907. The summed E-state index contributed by atoms with van der Waals surface area (Å²) in [6.45, 7) is 4.80. The molecule has 1 aromatic carbocycles. The van der Waals surface area contributed by atoms with E-state index in [4.69, 9.17) is 4.74 Å². The molecule has 3 rings (SSSR count). The quantitative estimate of drug-likeness (QED) is 0.691. The fraction of sp³-hybridized carbons (Fsp3) is 0.609. The van der Waals surface area contributed by atoms with Crippen molar-refractivity contribution >= 4 is 17.8 Å². The number of likely N-dealkylation sites (tertiary alicyclic amines) is 1. The molecule has 2 amide bonds. The van der Waals surface area contributed by atoms with Crippen molar-refractivity contribution in [3.63, 3.8) is 0 Å². The van der Waals surface area contributed by atoms with Gasteiger partial charge in [0.05, 0.1) is 5.92 Å². The van der Waals surface area contributed by atoms with Gasteiger partial charge in [-0.2, -0.15) is 0 Å². The minimum Gasteiger partial charge on any atom is -0.455 e. The van der Waals surface area contributed by atoms with Gasteiger partial charge in [-0.25, -0.2) is 4.39 Å². The molecule has 1 aliphatic carbocycles. The second-order valence-corrected chi connectivity index (χ2v) is 8.62. The highest BCUT2D eigenvalue weighted by atomic mass is 19.1. The van der Waals surface area contributed by atoms with Crippen LogP contribution in [-0.2, 0) is 25.5 Å². The molecule has 6 nitrogen and oxygen atoms in total. The SMILES string of the molecule is C[C@@H]1[C@H](C)CCC[C@@H]1N1C[C@H](C(=O)OCC(=O)NCCc2ccc(F)cc2)CC1=O. The van der Waals surface area contributed by atoms with E-state index in [9.17, 15) is 18.8 Å². The smallest absolute Gasteiger partial charge is 0.311 e. The predicted octanol–water partition coefficient (Wildman–Crippen LogP) is 2.70. The maximum Gasteiger partial charge on any atom is 0.311 e. The lowest BCUT2D eigenvalue weighted by molar-refractivity contribution is -0.152. The number of carbonyl (C=O) groups excluding carboxylic acids is 3. The average molecular weight is 419 g/mol. The normalized spacial score (nSPS) is 26.5. The van der Waals surface area contributed by atoms with Gasteiger partial charge in [0.25, 0.3) is 5.91 Å². The Morgan fingerprint density at radius 3 is 2.67 bits per heavy atom. The number of nitrogens with zero attached hydrogens (tertiary/aromatic N) is 1. The van der Waals surface area contributed by atoms with Crippen LogP contribution in [0.15, 0.2) is 24.3 Å². The van der Waals surface area contributed by atoms with E-state index in [1.165, 1.54) is 18.6 Å². The topological polar surface area (TPSA) is 75.7 Å². The first kappa shape index (κ1) is 22.2. The number of amides is 2. The van der Waals surface area contributed by atoms with Crippen molar-refractivity contribution in [2.45, 2.75) is 52.0 Å². The van der Waals surface area contributed by atoms with Crippen LogP contribution in [0.4, 0.5) is 4.39 Å². The molecule has 0 spiro atoms. The molecule has 1 saturated carbocycles. The highest BCUT2D eigenvalue weighted by Crippen LogP contribution is 2.35. The molecule has 2 fully saturated rings. The Balaban J connectivity index is 1.39. The molecule has 1 N–H and O–H groups in total. The van der Waals surface area contributed by atoms with Gasteiger partial charge in [0.15, 0.2) is 6.61 Å². The van der Waals surface area contributed by atoms with Crippen molar-refractivity contribution in [3.05, 3.63) is 35.6 Å². The highest BCUT2D eigenvalue weighted by Gasteiger charge is 2.42. The Hall–Kier alpha value is -2.44. The van der Waals surface area contributed by atoms with Gasteiger partial charge in [-0.05, 0) is 42.4 Å². The number of nitrogens with one attached hydrogen (secondary N) is 1. The van der Waals surface area contributed by atoms with E-state index < -0.39 is 11.9 Å². The van der Waals surface area contributed by atoms with E-state index in [2.05, 4.69) is 19.2 Å². The number of hydrogen-bond acceptors (Lipinski definition) is 4. The first-order valence-electron chi connectivity index (χ1n) is 10.8. The fourth-order valence-corrected chi connectivity index (χ4v) is 4.51. The van der Waals surface area contributed by atoms with E-state index in [0.29, 0.717) is 31.3 Å². The van der Waals surface area contributed by atoms with Crippen molar-refractivity contribution in [1.29, 1.82) is 0 Å². The van der Waals surface area contributed by atoms with Crippen LogP contribution in [0, 0.1) is 23.6 Å². The number of esters is 1. The van der Waals surface area contributed by atoms with Gasteiger partial charge in [0, 0.05) is 25.6 Å². The standard InChI is InChI=1S/C23H31FN2O4/c1-15-4-3-5-20(16(15)2)26-13-18(12-22(26)28)23(29)30-14-21(27)25-11-10-17-6-8-19(24)9-7-17/h6-9,15-16,18,20H,3-5,10-14H2,1-2H3,(H,25,27)/t15-,16-,18-,20+/m1/s1. The van der Waals surface area contributed by atoms with E-state index in [1.54, 1.807) is 12.1 Å². The summed E-state index contributed by atoms with van der Waals surface area (Å²) >= 11 is 0. The van der Waals surface area contributed by atoms with Crippen LogP contribution in [0.3, 0.4) is 0 Å². The molecule has 1 heterocycles. The Labute approximate surface area is 177 Å². The zero-order valence-corrected chi connectivity index (χ0v) is 17.7. The van der Waals surface area contributed by atoms with Gasteiger partial charge >= 0.3 is 5.97 Å². The molecule has 4 atom stereocenters. The Kier molecular flexibility index (Phi) is 7.45. The Bertz CT molecular complexity index is 767. The molecule has 7 heteroatoms. The lowest BCUT2D eigenvalue weighted by Gasteiger charge is -2.39. The summed E-state index contributed by atoms with van der Waals surface area (Å²) in [5.74, 6) is -0.686. The van der Waals surface area contributed by atoms with Crippen molar-refractivity contribution in [2.75, 3.05) is 19.7 Å².